The molecule has 0 radical (unpaired) electrons. The lowest BCUT2D eigenvalue weighted by atomic mass is 9.84. The van der Waals surface area contributed by atoms with Crippen molar-refractivity contribution in [2.24, 2.45) is 0 Å². The van der Waals surface area contributed by atoms with Crippen molar-refractivity contribution in [3.05, 3.63) is 35.5 Å². The van der Waals surface area contributed by atoms with Crippen LogP contribution in [-0.4, -0.2) is 24.1 Å². The van der Waals surface area contributed by atoms with Crippen LogP contribution in [0.2, 0.25) is 0 Å². The molecule has 0 aliphatic carbocycles. The minimum absolute atomic E-state index is 0.171. The molecule has 0 amide bonds. The predicted molar refractivity (Wildman–Crippen MR) is 95.3 cm³/mol. The van der Waals surface area contributed by atoms with Gasteiger partial charge in [-0.25, -0.2) is 0 Å². The van der Waals surface area contributed by atoms with Crippen LogP contribution in [0, 0.1) is 0 Å². The van der Waals surface area contributed by atoms with E-state index >= 15 is 0 Å². The fourth-order valence-electron chi connectivity index (χ4n) is 3.57. The lowest BCUT2D eigenvalue weighted by Gasteiger charge is -2.33. The van der Waals surface area contributed by atoms with Crippen LogP contribution in [0.1, 0.15) is 62.0 Å². The molecule has 2 atom stereocenters. The smallest absolute Gasteiger partial charge is 0.164 e. The number of hydrogen-bond acceptors (Lipinski definition) is 3. The first-order chi connectivity index (χ1) is 11.5. The van der Waals surface area contributed by atoms with Crippen LogP contribution in [0.15, 0.2) is 24.4 Å². The molecular formula is C20H25NO3. The summed E-state index contributed by atoms with van der Waals surface area (Å²) in [6, 6.07) is 6.33. The molecule has 2 heterocycles. The molecule has 3 rings (SSSR count). The molecule has 4 heteroatoms. The molecule has 24 heavy (non-hydrogen) atoms. The molecule has 128 valence electrons. The average Bonchev–Trinajstić information content (AvgIpc) is 3.04. The third-order valence-electron chi connectivity index (χ3n) is 5.08. The second-order valence-electron chi connectivity index (χ2n) is 6.31. The van der Waals surface area contributed by atoms with Gasteiger partial charge < -0.3 is 14.0 Å². The highest BCUT2D eigenvalue weighted by atomic mass is 16.5. The zero-order chi connectivity index (χ0) is 17.4. The van der Waals surface area contributed by atoms with E-state index < -0.39 is 0 Å². The van der Waals surface area contributed by atoms with Gasteiger partial charge in [-0.3, -0.25) is 4.79 Å². The number of aromatic nitrogens is 1. The summed E-state index contributed by atoms with van der Waals surface area (Å²) < 4.78 is 13.5. The number of rotatable bonds is 5. The first kappa shape index (κ1) is 16.6. The summed E-state index contributed by atoms with van der Waals surface area (Å²) in [5, 5.41) is 0. The van der Waals surface area contributed by atoms with Gasteiger partial charge in [0.1, 0.15) is 0 Å². The molecule has 0 N–H and O–H groups in total. The van der Waals surface area contributed by atoms with Gasteiger partial charge in [0.2, 0.25) is 0 Å². The Morgan fingerprint density at radius 2 is 1.96 bits per heavy atom. The van der Waals surface area contributed by atoms with Crippen molar-refractivity contribution in [1.82, 2.24) is 4.57 Å². The van der Waals surface area contributed by atoms with Gasteiger partial charge in [-0.05, 0) is 37.6 Å². The number of ketones is 1. The zero-order valence-electron chi connectivity index (χ0n) is 15.1. The van der Waals surface area contributed by atoms with E-state index in [2.05, 4.69) is 24.5 Å². The number of hydrogen-bond donors (Lipinski definition) is 0. The molecular weight excluding hydrogens is 302 g/mol. The zero-order valence-corrected chi connectivity index (χ0v) is 15.1. The molecule has 1 aromatic heterocycles. The summed E-state index contributed by atoms with van der Waals surface area (Å²) in [7, 11) is 1.65. The number of nitrogens with zero attached hydrogens (tertiary/aromatic N) is 1. The third-order valence-corrected chi connectivity index (χ3v) is 5.08. The van der Waals surface area contributed by atoms with Crippen molar-refractivity contribution in [3.8, 4) is 22.8 Å². The molecule has 0 saturated heterocycles. The SMILES string of the molecule is CCOc1cc2c(cc1OC)-c1c(C(=O)CC)ccn1C(C)C2C. The van der Waals surface area contributed by atoms with Crippen LogP contribution in [0.4, 0.5) is 0 Å². The highest BCUT2D eigenvalue weighted by Gasteiger charge is 2.32. The van der Waals surface area contributed by atoms with E-state index in [4.69, 9.17) is 9.47 Å². The molecule has 0 saturated carbocycles. The van der Waals surface area contributed by atoms with Crippen LogP contribution in [0.5, 0.6) is 11.5 Å². The first-order valence-corrected chi connectivity index (χ1v) is 8.62. The van der Waals surface area contributed by atoms with Crippen LogP contribution in [0.25, 0.3) is 11.3 Å². The summed E-state index contributed by atoms with van der Waals surface area (Å²) in [6.45, 7) is 8.88. The Hall–Kier alpha value is -2.23. The Bertz CT molecular complexity index is 775. The van der Waals surface area contributed by atoms with Crippen molar-refractivity contribution in [2.75, 3.05) is 13.7 Å². The maximum Gasteiger partial charge on any atom is 0.164 e. The van der Waals surface area contributed by atoms with Crippen molar-refractivity contribution in [2.45, 2.75) is 46.1 Å². The number of ether oxygens (including phenoxy) is 2. The van der Waals surface area contributed by atoms with Crippen LogP contribution in [-0.2, 0) is 0 Å². The Morgan fingerprint density at radius 3 is 2.58 bits per heavy atom. The second-order valence-corrected chi connectivity index (χ2v) is 6.31. The summed E-state index contributed by atoms with van der Waals surface area (Å²) in [5.74, 6) is 1.97. The Morgan fingerprint density at radius 1 is 1.21 bits per heavy atom. The fourth-order valence-corrected chi connectivity index (χ4v) is 3.57. The lowest BCUT2D eigenvalue weighted by Crippen LogP contribution is -2.20. The number of benzene rings is 1. The molecule has 2 aromatic rings. The van der Waals surface area contributed by atoms with Crippen LogP contribution < -0.4 is 9.47 Å². The van der Waals surface area contributed by atoms with E-state index in [1.807, 2.05) is 32.2 Å². The molecule has 4 nitrogen and oxygen atoms in total. The Labute approximate surface area is 143 Å². The fraction of sp³-hybridized carbons (Fsp3) is 0.450. The van der Waals surface area contributed by atoms with Gasteiger partial charge in [0.25, 0.3) is 0 Å². The summed E-state index contributed by atoms with van der Waals surface area (Å²) in [4.78, 5) is 12.4. The van der Waals surface area contributed by atoms with Gasteiger partial charge in [-0.15, -0.1) is 0 Å². The van der Waals surface area contributed by atoms with Crippen molar-refractivity contribution < 1.29 is 14.3 Å². The predicted octanol–water partition coefficient (Wildman–Crippen LogP) is 4.83. The molecule has 0 fully saturated rings. The number of carbonyl (C=O) groups excluding carboxylic acids is 1. The van der Waals surface area contributed by atoms with E-state index in [0.717, 1.165) is 22.6 Å². The molecule has 0 spiro atoms. The minimum atomic E-state index is 0.171. The second kappa shape index (κ2) is 6.34. The average molecular weight is 327 g/mol. The van der Waals surface area contributed by atoms with E-state index in [9.17, 15) is 4.79 Å². The van der Waals surface area contributed by atoms with Gasteiger partial charge in [0.15, 0.2) is 17.3 Å². The maximum absolute atomic E-state index is 12.4. The molecule has 2 unspecified atom stereocenters. The summed E-state index contributed by atoms with van der Waals surface area (Å²) in [5.41, 5.74) is 4.08. The summed E-state index contributed by atoms with van der Waals surface area (Å²) >= 11 is 0. The van der Waals surface area contributed by atoms with Crippen molar-refractivity contribution in [3.63, 3.8) is 0 Å². The van der Waals surface area contributed by atoms with Gasteiger partial charge >= 0.3 is 0 Å². The Balaban J connectivity index is 2.27. The number of methoxy groups -OCH3 is 1. The van der Waals surface area contributed by atoms with E-state index in [1.54, 1.807) is 7.11 Å². The highest BCUT2D eigenvalue weighted by Crippen LogP contribution is 2.48. The normalized spacial score (nSPS) is 18.7. The summed E-state index contributed by atoms with van der Waals surface area (Å²) in [6.07, 6.45) is 2.54. The highest BCUT2D eigenvalue weighted by molar-refractivity contribution is 6.02. The van der Waals surface area contributed by atoms with Gasteiger partial charge in [0, 0.05) is 35.7 Å². The first-order valence-electron chi connectivity index (χ1n) is 8.62. The van der Waals surface area contributed by atoms with E-state index in [-0.39, 0.29) is 11.8 Å². The Kier molecular flexibility index (Phi) is 4.39. The van der Waals surface area contributed by atoms with Crippen molar-refractivity contribution >= 4 is 5.78 Å². The quantitative estimate of drug-likeness (QED) is 0.738. The van der Waals surface area contributed by atoms with Crippen LogP contribution >= 0.6 is 0 Å². The standard InChI is InChI=1S/C20H25NO3/c1-6-17(22)14-8-9-21-13(4)12(3)15-10-19(24-7-2)18(23-5)11-16(15)20(14)21/h8-13H,6-7H2,1-5H3. The topological polar surface area (TPSA) is 40.5 Å². The van der Waals surface area contributed by atoms with Gasteiger partial charge in [0.05, 0.1) is 19.4 Å². The molecule has 0 bridgehead atoms. The molecule has 1 aliphatic heterocycles. The number of Topliss-reactive ketones (excluding diaryl/α,β-unsaturated/α-hetero) is 1. The van der Waals surface area contributed by atoms with Gasteiger partial charge in [-0.2, -0.15) is 0 Å². The van der Waals surface area contributed by atoms with Gasteiger partial charge in [-0.1, -0.05) is 13.8 Å². The lowest BCUT2D eigenvalue weighted by molar-refractivity contribution is 0.0988. The van der Waals surface area contributed by atoms with Crippen molar-refractivity contribution in [1.29, 1.82) is 0 Å². The third kappa shape index (κ3) is 2.41. The largest absolute Gasteiger partial charge is 0.493 e. The minimum Gasteiger partial charge on any atom is -0.493 e. The monoisotopic (exact) mass is 327 g/mol. The molecule has 1 aliphatic rings. The van der Waals surface area contributed by atoms with E-state index in [0.29, 0.717) is 24.7 Å². The number of fused-ring (bicyclic) bond motifs is 3. The van der Waals surface area contributed by atoms with E-state index in [1.165, 1.54) is 5.56 Å². The molecule has 1 aromatic carbocycles. The maximum atomic E-state index is 12.4. The van der Waals surface area contributed by atoms with Crippen LogP contribution in [0.3, 0.4) is 0 Å². The number of carbonyl (C=O) groups is 1.